The van der Waals surface area contributed by atoms with E-state index in [2.05, 4.69) is 15.5 Å². The number of hydrogen-bond donors (Lipinski definition) is 1. The van der Waals surface area contributed by atoms with Crippen LogP contribution in [0.2, 0.25) is 5.02 Å². The number of amides is 1. The molecule has 3 heterocycles. The number of hydrogen-bond acceptors (Lipinski definition) is 5. The molecule has 8 heteroatoms. The first-order chi connectivity index (χ1) is 12.0. The standard InChI is InChI=1S/C17H15ClN4O3/c1-9-20-21-15-4-10(8-22(9)15)7-19-16(23)13-6-11-5-12(18)2-3-14(11)25-17(13)24/h2-3,5-6,10H,4,7-8H2,1H3,(H,19,23). The van der Waals surface area contributed by atoms with Crippen LogP contribution in [0.4, 0.5) is 0 Å². The van der Waals surface area contributed by atoms with E-state index in [1.165, 1.54) is 6.07 Å². The quantitative estimate of drug-likeness (QED) is 0.723. The summed E-state index contributed by atoms with van der Waals surface area (Å²) in [6, 6.07) is 6.41. The fourth-order valence-corrected chi connectivity index (χ4v) is 3.30. The first-order valence-electron chi connectivity index (χ1n) is 7.91. The lowest BCUT2D eigenvalue weighted by molar-refractivity contribution is 0.0943. The SMILES string of the molecule is Cc1nnc2n1CC(CNC(=O)c1cc3cc(Cl)ccc3oc1=O)C2. The molecule has 25 heavy (non-hydrogen) atoms. The number of benzene rings is 1. The van der Waals surface area contributed by atoms with E-state index in [1.54, 1.807) is 18.2 Å². The summed E-state index contributed by atoms with van der Waals surface area (Å²) >= 11 is 5.95. The minimum atomic E-state index is -0.660. The number of nitrogens with zero attached hydrogens (tertiary/aromatic N) is 3. The van der Waals surface area contributed by atoms with Crippen molar-refractivity contribution in [2.75, 3.05) is 6.54 Å². The van der Waals surface area contributed by atoms with Crippen LogP contribution in [0.15, 0.2) is 33.5 Å². The van der Waals surface area contributed by atoms with E-state index in [0.29, 0.717) is 22.5 Å². The van der Waals surface area contributed by atoms with Gasteiger partial charge in [-0.3, -0.25) is 4.79 Å². The molecule has 4 rings (SSSR count). The van der Waals surface area contributed by atoms with Gasteiger partial charge in [-0.25, -0.2) is 4.79 Å². The molecule has 0 radical (unpaired) electrons. The summed E-state index contributed by atoms with van der Waals surface area (Å²) in [5.41, 5.74) is -0.287. The van der Waals surface area contributed by atoms with Crippen LogP contribution in [0.3, 0.4) is 0 Å². The van der Waals surface area contributed by atoms with Gasteiger partial charge in [-0.2, -0.15) is 0 Å². The molecule has 1 unspecified atom stereocenters. The Morgan fingerprint density at radius 1 is 1.40 bits per heavy atom. The van der Waals surface area contributed by atoms with Gasteiger partial charge in [0.2, 0.25) is 0 Å². The Balaban J connectivity index is 1.49. The van der Waals surface area contributed by atoms with Crippen LogP contribution in [0.5, 0.6) is 0 Å². The van der Waals surface area contributed by atoms with Crippen LogP contribution in [0.25, 0.3) is 11.0 Å². The first-order valence-corrected chi connectivity index (χ1v) is 8.29. The van der Waals surface area contributed by atoms with Gasteiger partial charge >= 0.3 is 5.63 Å². The van der Waals surface area contributed by atoms with Crippen LogP contribution in [-0.2, 0) is 13.0 Å². The van der Waals surface area contributed by atoms with E-state index >= 15 is 0 Å². The number of aryl methyl sites for hydroxylation is 1. The summed E-state index contributed by atoms with van der Waals surface area (Å²) in [6.07, 6.45) is 0.753. The van der Waals surface area contributed by atoms with E-state index in [-0.39, 0.29) is 11.5 Å². The van der Waals surface area contributed by atoms with Gasteiger partial charge in [-0.1, -0.05) is 11.6 Å². The normalized spacial score (nSPS) is 16.2. The number of carbonyl (C=O) groups is 1. The molecule has 1 aliphatic heterocycles. The molecule has 3 aromatic rings. The van der Waals surface area contributed by atoms with Crippen molar-refractivity contribution in [3.8, 4) is 0 Å². The van der Waals surface area contributed by atoms with Crippen molar-refractivity contribution >= 4 is 28.5 Å². The van der Waals surface area contributed by atoms with Crippen molar-refractivity contribution in [1.29, 1.82) is 0 Å². The number of carbonyl (C=O) groups excluding carboxylic acids is 1. The predicted molar refractivity (Wildman–Crippen MR) is 91.8 cm³/mol. The largest absolute Gasteiger partial charge is 0.422 e. The molecule has 0 aliphatic carbocycles. The van der Waals surface area contributed by atoms with Crippen LogP contribution >= 0.6 is 11.6 Å². The van der Waals surface area contributed by atoms with Gasteiger partial charge in [0.25, 0.3) is 5.91 Å². The lowest BCUT2D eigenvalue weighted by Crippen LogP contribution is -2.33. The Hall–Kier alpha value is -2.67. The zero-order chi connectivity index (χ0) is 17.6. The van der Waals surface area contributed by atoms with Crippen molar-refractivity contribution in [2.45, 2.75) is 19.9 Å². The minimum absolute atomic E-state index is 0.0247. The van der Waals surface area contributed by atoms with E-state index in [4.69, 9.17) is 16.0 Å². The number of nitrogens with one attached hydrogen (secondary N) is 1. The second-order valence-corrected chi connectivity index (χ2v) is 6.62. The number of rotatable bonds is 3. The highest BCUT2D eigenvalue weighted by Crippen LogP contribution is 2.20. The Morgan fingerprint density at radius 2 is 2.24 bits per heavy atom. The van der Waals surface area contributed by atoms with Gasteiger partial charge in [0.15, 0.2) is 0 Å². The maximum atomic E-state index is 12.4. The molecule has 0 saturated heterocycles. The van der Waals surface area contributed by atoms with Crippen molar-refractivity contribution in [1.82, 2.24) is 20.1 Å². The lowest BCUT2D eigenvalue weighted by Gasteiger charge is -2.10. The highest BCUT2D eigenvalue weighted by molar-refractivity contribution is 6.31. The molecule has 1 N–H and O–H groups in total. The molecular weight excluding hydrogens is 344 g/mol. The second kappa shape index (κ2) is 6.00. The Bertz CT molecular complexity index is 1040. The van der Waals surface area contributed by atoms with E-state index in [9.17, 15) is 9.59 Å². The third-order valence-electron chi connectivity index (χ3n) is 4.41. The van der Waals surface area contributed by atoms with Gasteiger partial charge < -0.3 is 14.3 Å². The predicted octanol–water partition coefficient (Wildman–Crippen LogP) is 1.95. The molecule has 7 nitrogen and oxygen atoms in total. The lowest BCUT2D eigenvalue weighted by atomic mass is 10.1. The van der Waals surface area contributed by atoms with Gasteiger partial charge in [0.1, 0.15) is 22.8 Å². The van der Waals surface area contributed by atoms with Crippen molar-refractivity contribution in [2.24, 2.45) is 5.92 Å². The number of fused-ring (bicyclic) bond motifs is 2. The summed E-state index contributed by atoms with van der Waals surface area (Å²) < 4.78 is 7.24. The van der Waals surface area contributed by atoms with Crippen LogP contribution in [0, 0.1) is 12.8 Å². The highest BCUT2D eigenvalue weighted by Gasteiger charge is 2.25. The second-order valence-electron chi connectivity index (χ2n) is 6.18. The molecule has 1 aromatic carbocycles. The fraction of sp³-hybridized carbons (Fsp3) is 0.294. The average Bonchev–Trinajstić information content (AvgIpc) is 3.14. The Kier molecular flexibility index (Phi) is 3.80. The van der Waals surface area contributed by atoms with Gasteiger partial charge in [0.05, 0.1) is 0 Å². The fourth-order valence-electron chi connectivity index (χ4n) is 3.12. The van der Waals surface area contributed by atoms with Gasteiger partial charge in [-0.05, 0) is 31.2 Å². The summed E-state index contributed by atoms with van der Waals surface area (Å²) in [4.78, 5) is 24.4. The highest BCUT2D eigenvalue weighted by atomic mass is 35.5. The Morgan fingerprint density at radius 3 is 3.04 bits per heavy atom. The average molecular weight is 359 g/mol. The zero-order valence-electron chi connectivity index (χ0n) is 13.5. The van der Waals surface area contributed by atoms with E-state index in [1.807, 2.05) is 11.5 Å². The molecular formula is C17H15ClN4O3. The zero-order valence-corrected chi connectivity index (χ0v) is 14.2. The summed E-state index contributed by atoms with van der Waals surface area (Å²) in [5.74, 6) is 1.58. The summed E-state index contributed by atoms with van der Waals surface area (Å²) in [5, 5.41) is 12.1. The molecule has 2 aromatic heterocycles. The maximum Gasteiger partial charge on any atom is 0.349 e. The molecule has 1 atom stereocenters. The minimum Gasteiger partial charge on any atom is -0.422 e. The van der Waals surface area contributed by atoms with Crippen molar-refractivity contribution < 1.29 is 9.21 Å². The smallest absolute Gasteiger partial charge is 0.349 e. The van der Waals surface area contributed by atoms with Gasteiger partial charge in [0, 0.05) is 35.8 Å². The third kappa shape index (κ3) is 2.91. The molecule has 0 fully saturated rings. The third-order valence-corrected chi connectivity index (χ3v) is 4.65. The number of halogens is 1. The Labute approximate surface area is 147 Å². The molecule has 1 amide bonds. The monoisotopic (exact) mass is 358 g/mol. The van der Waals surface area contributed by atoms with Crippen molar-refractivity contribution in [3.63, 3.8) is 0 Å². The summed E-state index contributed by atoms with van der Waals surface area (Å²) in [7, 11) is 0. The van der Waals surface area contributed by atoms with Crippen molar-refractivity contribution in [3.05, 3.63) is 56.9 Å². The molecule has 128 valence electrons. The van der Waals surface area contributed by atoms with Crippen LogP contribution in [0.1, 0.15) is 22.0 Å². The van der Waals surface area contributed by atoms with E-state index in [0.717, 1.165) is 24.6 Å². The molecule has 0 bridgehead atoms. The number of aromatic nitrogens is 3. The van der Waals surface area contributed by atoms with E-state index < -0.39 is 11.5 Å². The van der Waals surface area contributed by atoms with Crippen LogP contribution in [-0.4, -0.2) is 27.2 Å². The summed E-state index contributed by atoms with van der Waals surface area (Å²) in [6.45, 7) is 3.12. The molecule has 1 aliphatic rings. The van der Waals surface area contributed by atoms with Gasteiger partial charge in [-0.15, -0.1) is 10.2 Å². The molecule has 0 spiro atoms. The molecule has 0 saturated carbocycles. The first kappa shape index (κ1) is 15.8. The maximum absolute atomic E-state index is 12.4. The topological polar surface area (TPSA) is 90.0 Å². The van der Waals surface area contributed by atoms with Crippen LogP contribution < -0.4 is 10.9 Å².